The number of hydrogen-bond donors (Lipinski definition) is 1. The summed E-state index contributed by atoms with van der Waals surface area (Å²) in [6.07, 6.45) is 0.667. The number of hydrogen-bond acceptors (Lipinski definition) is 3. The molecule has 4 heteroatoms. The molecule has 3 rings (SSSR count). The van der Waals surface area contributed by atoms with E-state index < -0.39 is 0 Å². The van der Waals surface area contributed by atoms with E-state index in [1.807, 2.05) is 30.5 Å². The summed E-state index contributed by atoms with van der Waals surface area (Å²) in [6, 6.07) is 10.5. The third-order valence-electron chi connectivity index (χ3n) is 3.40. The van der Waals surface area contributed by atoms with Crippen molar-refractivity contribution < 1.29 is 4.39 Å². The van der Waals surface area contributed by atoms with Crippen LogP contribution in [0.1, 0.15) is 22.3 Å². The lowest BCUT2D eigenvalue weighted by atomic mass is 9.96. The van der Waals surface area contributed by atoms with Crippen molar-refractivity contribution in [2.75, 3.05) is 0 Å². The summed E-state index contributed by atoms with van der Waals surface area (Å²) in [6.45, 7) is 1.98. The quantitative estimate of drug-likeness (QED) is 0.790. The normalized spacial score (nSPS) is 12.8. The van der Waals surface area contributed by atoms with Gasteiger partial charge in [0.2, 0.25) is 0 Å². The van der Waals surface area contributed by atoms with E-state index in [-0.39, 0.29) is 11.9 Å². The maximum atomic E-state index is 13.8. The fraction of sp³-hybridized carbons (Fsp3) is 0.188. The zero-order chi connectivity index (χ0) is 14.1. The first-order valence-corrected chi connectivity index (χ1v) is 7.37. The second-order valence-electron chi connectivity index (χ2n) is 4.85. The Labute approximate surface area is 121 Å². The van der Waals surface area contributed by atoms with Crippen LogP contribution in [0.3, 0.4) is 0 Å². The van der Waals surface area contributed by atoms with E-state index in [1.54, 1.807) is 23.5 Å². The van der Waals surface area contributed by atoms with Gasteiger partial charge in [-0.15, -0.1) is 11.3 Å². The van der Waals surface area contributed by atoms with E-state index in [9.17, 15) is 4.39 Å². The summed E-state index contributed by atoms with van der Waals surface area (Å²) in [5, 5.41) is 4.57. The van der Waals surface area contributed by atoms with Gasteiger partial charge in [0.25, 0.3) is 0 Å². The molecule has 1 heterocycles. The molecule has 0 bridgehead atoms. The van der Waals surface area contributed by atoms with Crippen molar-refractivity contribution in [2.24, 2.45) is 5.73 Å². The lowest BCUT2D eigenvalue weighted by Gasteiger charge is -2.14. The maximum absolute atomic E-state index is 13.8. The van der Waals surface area contributed by atoms with Crippen LogP contribution in [0.15, 0.2) is 41.8 Å². The van der Waals surface area contributed by atoms with Gasteiger partial charge < -0.3 is 5.73 Å². The molecule has 0 aliphatic heterocycles. The van der Waals surface area contributed by atoms with Crippen molar-refractivity contribution in [1.29, 1.82) is 0 Å². The SMILES string of the molecule is Cc1nc(CC(N)c2ccc(F)c3ccccc23)cs1. The molecule has 0 aliphatic rings. The molecule has 1 atom stereocenters. The predicted octanol–water partition coefficient (Wildman–Crippen LogP) is 3.99. The van der Waals surface area contributed by atoms with Gasteiger partial charge in [0, 0.05) is 23.2 Å². The van der Waals surface area contributed by atoms with E-state index in [0.29, 0.717) is 11.8 Å². The molecule has 2 aromatic carbocycles. The smallest absolute Gasteiger partial charge is 0.131 e. The lowest BCUT2D eigenvalue weighted by molar-refractivity contribution is 0.637. The number of aryl methyl sites for hydroxylation is 1. The molecule has 1 aromatic heterocycles. The van der Waals surface area contributed by atoms with E-state index in [4.69, 9.17) is 5.73 Å². The number of nitrogens with two attached hydrogens (primary N) is 1. The lowest BCUT2D eigenvalue weighted by Crippen LogP contribution is -2.14. The number of halogens is 1. The number of benzene rings is 2. The Bertz CT molecular complexity index is 751. The highest BCUT2D eigenvalue weighted by Crippen LogP contribution is 2.27. The van der Waals surface area contributed by atoms with E-state index in [1.165, 1.54) is 6.07 Å². The van der Waals surface area contributed by atoms with Crippen LogP contribution in [0.25, 0.3) is 10.8 Å². The first-order valence-electron chi connectivity index (χ1n) is 6.49. The predicted molar refractivity (Wildman–Crippen MR) is 81.4 cm³/mol. The molecule has 2 nitrogen and oxygen atoms in total. The minimum atomic E-state index is -0.207. The Morgan fingerprint density at radius 3 is 2.65 bits per heavy atom. The van der Waals surface area contributed by atoms with Crippen LogP contribution in [0.5, 0.6) is 0 Å². The standard InChI is InChI=1S/C16H15FN2S/c1-10-19-11(9-20-10)8-16(18)14-6-7-15(17)13-5-3-2-4-12(13)14/h2-7,9,16H,8,18H2,1H3. The first kappa shape index (κ1) is 13.2. The van der Waals surface area contributed by atoms with Crippen molar-refractivity contribution in [2.45, 2.75) is 19.4 Å². The van der Waals surface area contributed by atoms with Gasteiger partial charge in [0.05, 0.1) is 10.7 Å². The van der Waals surface area contributed by atoms with Crippen LogP contribution in [0, 0.1) is 12.7 Å². The van der Waals surface area contributed by atoms with E-state index in [0.717, 1.165) is 21.7 Å². The summed E-state index contributed by atoms with van der Waals surface area (Å²) < 4.78 is 13.8. The fourth-order valence-electron chi connectivity index (χ4n) is 2.45. The average Bonchev–Trinajstić information content (AvgIpc) is 2.84. The van der Waals surface area contributed by atoms with Gasteiger partial charge in [-0.2, -0.15) is 0 Å². The van der Waals surface area contributed by atoms with Crippen LogP contribution < -0.4 is 5.73 Å². The Hall–Kier alpha value is -1.78. The third-order valence-corrected chi connectivity index (χ3v) is 4.22. The Morgan fingerprint density at radius 2 is 1.95 bits per heavy atom. The highest BCUT2D eigenvalue weighted by Gasteiger charge is 2.13. The van der Waals surface area contributed by atoms with Gasteiger partial charge in [0.1, 0.15) is 5.82 Å². The topological polar surface area (TPSA) is 38.9 Å². The molecule has 0 radical (unpaired) electrons. The first-order chi connectivity index (χ1) is 9.65. The van der Waals surface area contributed by atoms with Gasteiger partial charge in [-0.3, -0.25) is 0 Å². The van der Waals surface area contributed by atoms with Gasteiger partial charge >= 0.3 is 0 Å². The molecule has 0 amide bonds. The summed E-state index contributed by atoms with van der Waals surface area (Å²) in [7, 11) is 0. The number of aromatic nitrogens is 1. The Balaban J connectivity index is 1.99. The Kier molecular flexibility index (Phi) is 3.51. The van der Waals surface area contributed by atoms with Gasteiger partial charge in [-0.1, -0.05) is 30.3 Å². The number of fused-ring (bicyclic) bond motifs is 1. The van der Waals surface area contributed by atoms with Crippen LogP contribution >= 0.6 is 11.3 Å². The molecule has 0 aliphatic carbocycles. The second-order valence-corrected chi connectivity index (χ2v) is 5.91. The number of nitrogens with zero attached hydrogens (tertiary/aromatic N) is 1. The molecule has 1 unspecified atom stereocenters. The molecule has 2 N–H and O–H groups in total. The summed E-state index contributed by atoms with van der Waals surface area (Å²) in [4.78, 5) is 4.44. The minimum absolute atomic E-state index is 0.179. The molecule has 102 valence electrons. The largest absolute Gasteiger partial charge is 0.324 e. The van der Waals surface area contributed by atoms with E-state index in [2.05, 4.69) is 4.98 Å². The molecular weight excluding hydrogens is 271 g/mol. The zero-order valence-electron chi connectivity index (χ0n) is 11.1. The monoisotopic (exact) mass is 286 g/mol. The zero-order valence-corrected chi connectivity index (χ0v) is 12.0. The number of thiazole rings is 1. The Morgan fingerprint density at radius 1 is 1.20 bits per heavy atom. The van der Waals surface area contributed by atoms with Crippen LogP contribution in [-0.2, 0) is 6.42 Å². The van der Waals surface area contributed by atoms with Crippen LogP contribution in [0.2, 0.25) is 0 Å². The van der Waals surface area contributed by atoms with Crippen molar-refractivity contribution in [1.82, 2.24) is 4.98 Å². The molecule has 0 spiro atoms. The van der Waals surface area contributed by atoms with Crippen molar-refractivity contribution in [3.63, 3.8) is 0 Å². The van der Waals surface area contributed by atoms with E-state index >= 15 is 0 Å². The highest BCUT2D eigenvalue weighted by atomic mass is 32.1. The maximum Gasteiger partial charge on any atom is 0.131 e. The minimum Gasteiger partial charge on any atom is -0.324 e. The van der Waals surface area contributed by atoms with Crippen molar-refractivity contribution >= 4 is 22.1 Å². The molecule has 0 fully saturated rings. The summed E-state index contributed by atoms with van der Waals surface area (Å²) >= 11 is 1.62. The summed E-state index contributed by atoms with van der Waals surface area (Å²) in [5.41, 5.74) is 8.25. The van der Waals surface area contributed by atoms with Crippen LogP contribution in [0.4, 0.5) is 4.39 Å². The molecule has 3 aromatic rings. The number of rotatable bonds is 3. The molecule has 0 saturated heterocycles. The van der Waals surface area contributed by atoms with Gasteiger partial charge in [-0.25, -0.2) is 9.37 Å². The molecular formula is C16H15FN2S. The van der Waals surface area contributed by atoms with Gasteiger partial charge in [0.15, 0.2) is 0 Å². The highest BCUT2D eigenvalue weighted by molar-refractivity contribution is 7.09. The summed E-state index contributed by atoms with van der Waals surface area (Å²) in [5.74, 6) is -0.207. The molecule has 20 heavy (non-hydrogen) atoms. The third kappa shape index (κ3) is 2.44. The second kappa shape index (κ2) is 5.31. The van der Waals surface area contributed by atoms with Crippen LogP contribution in [-0.4, -0.2) is 4.98 Å². The van der Waals surface area contributed by atoms with Gasteiger partial charge in [-0.05, 0) is 23.9 Å². The van der Waals surface area contributed by atoms with Crippen molar-refractivity contribution in [3.05, 3.63) is 63.9 Å². The van der Waals surface area contributed by atoms with Crippen molar-refractivity contribution in [3.8, 4) is 0 Å². The molecule has 0 saturated carbocycles. The fourth-order valence-corrected chi connectivity index (χ4v) is 3.07. The average molecular weight is 286 g/mol.